The number of nitrogens with zero attached hydrogens (tertiary/aromatic N) is 1. The summed E-state index contributed by atoms with van der Waals surface area (Å²) in [5, 5.41) is 7.08. The molecule has 0 fully saturated rings. The van der Waals surface area contributed by atoms with Crippen molar-refractivity contribution >= 4 is 27.7 Å². The Morgan fingerprint density at radius 2 is 2.50 bits per heavy atom. The highest BCUT2D eigenvalue weighted by Crippen LogP contribution is 2.27. The van der Waals surface area contributed by atoms with Crippen LogP contribution in [0.3, 0.4) is 0 Å². The summed E-state index contributed by atoms with van der Waals surface area (Å²) in [6, 6.07) is 0. The second-order valence-corrected chi connectivity index (χ2v) is 4.13. The maximum Gasteiger partial charge on any atom is 0.131 e. The number of rotatable bonds is 0. The summed E-state index contributed by atoms with van der Waals surface area (Å²) in [6.45, 7) is 0. The number of thioether (sulfide) groups is 1. The molecule has 1 aliphatic rings. The molecule has 4 heteroatoms. The molecule has 0 atom stereocenters. The highest BCUT2D eigenvalue weighted by Gasteiger charge is 2.14. The summed E-state index contributed by atoms with van der Waals surface area (Å²) >= 11 is 5.36. The van der Waals surface area contributed by atoms with Crippen molar-refractivity contribution in [1.82, 2.24) is 10.2 Å². The minimum Gasteiger partial charge on any atom is -0.280 e. The van der Waals surface area contributed by atoms with E-state index in [0.717, 1.165) is 16.8 Å². The molecule has 1 aliphatic heterocycles. The zero-order chi connectivity index (χ0) is 6.97. The van der Waals surface area contributed by atoms with Crippen LogP contribution in [0.4, 0.5) is 0 Å². The molecule has 1 aromatic heterocycles. The zero-order valence-electron chi connectivity index (χ0n) is 5.35. The molecule has 0 saturated carbocycles. The van der Waals surface area contributed by atoms with Crippen molar-refractivity contribution in [1.29, 1.82) is 0 Å². The molecule has 2 heterocycles. The van der Waals surface area contributed by atoms with Gasteiger partial charge in [-0.3, -0.25) is 5.10 Å². The van der Waals surface area contributed by atoms with Gasteiger partial charge in [0.05, 0.1) is 0 Å². The highest BCUT2D eigenvalue weighted by molar-refractivity contribution is 9.10. The van der Waals surface area contributed by atoms with E-state index in [1.54, 1.807) is 0 Å². The summed E-state index contributed by atoms with van der Waals surface area (Å²) in [7, 11) is 0. The second-order valence-electron chi connectivity index (χ2n) is 2.27. The van der Waals surface area contributed by atoms with E-state index in [0.29, 0.717) is 0 Å². The molecule has 54 valence electrons. The zero-order valence-corrected chi connectivity index (χ0v) is 7.76. The molecule has 0 bridgehead atoms. The van der Waals surface area contributed by atoms with Crippen LogP contribution >= 0.6 is 27.7 Å². The van der Waals surface area contributed by atoms with Crippen LogP contribution in [0.1, 0.15) is 11.3 Å². The minimum atomic E-state index is 1.00. The van der Waals surface area contributed by atoms with Gasteiger partial charge in [0.25, 0.3) is 0 Å². The molecule has 10 heavy (non-hydrogen) atoms. The number of hydrogen-bond acceptors (Lipinski definition) is 2. The van der Waals surface area contributed by atoms with Crippen LogP contribution in [0, 0.1) is 0 Å². The van der Waals surface area contributed by atoms with E-state index in [4.69, 9.17) is 0 Å². The van der Waals surface area contributed by atoms with E-state index in [1.165, 1.54) is 17.0 Å². The average molecular weight is 219 g/mol. The lowest BCUT2D eigenvalue weighted by Crippen LogP contribution is -1.99. The van der Waals surface area contributed by atoms with Gasteiger partial charge >= 0.3 is 0 Å². The first-order chi connectivity index (χ1) is 4.88. The van der Waals surface area contributed by atoms with Gasteiger partial charge in [-0.2, -0.15) is 16.9 Å². The molecular formula is C6H7BrN2S. The third kappa shape index (κ3) is 0.992. The smallest absolute Gasteiger partial charge is 0.131 e. The Bertz CT molecular complexity index is 246. The van der Waals surface area contributed by atoms with Gasteiger partial charge in [0.15, 0.2) is 0 Å². The summed E-state index contributed by atoms with van der Waals surface area (Å²) < 4.78 is 1.00. The number of H-pyrrole nitrogens is 1. The largest absolute Gasteiger partial charge is 0.280 e. The van der Waals surface area contributed by atoms with Crippen LogP contribution in [0.25, 0.3) is 0 Å². The third-order valence-corrected chi connectivity index (χ3v) is 3.29. The third-order valence-electron chi connectivity index (χ3n) is 1.65. The molecule has 1 N–H and O–H groups in total. The van der Waals surface area contributed by atoms with Gasteiger partial charge in [-0.25, -0.2) is 0 Å². The number of nitrogens with one attached hydrogen (secondary N) is 1. The van der Waals surface area contributed by atoms with Gasteiger partial charge in [0.2, 0.25) is 0 Å². The van der Waals surface area contributed by atoms with Crippen molar-refractivity contribution in [2.45, 2.75) is 12.2 Å². The molecule has 2 rings (SSSR count). The number of hydrogen-bond donors (Lipinski definition) is 1. The monoisotopic (exact) mass is 218 g/mol. The number of aromatic nitrogens is 2. The van der Waals surface area contributed by atoms with Gasteiger partial charge in [-0.15, -0.1) is 0 Å². The Hall–Kier alpha value is 0.0400. The van der Waals surface area contributed by atoms with Crippen LogP contribution in [-0.2, 0) is 12.2 Å². The Balaban J connectivity index is 2.45. The van der Waals surface area contributed by atoms with E-state index in [2.05, 4.69) is 26.1 Å². The van der Waals surface area contributed by atoms with Gasteiger partial charge < -0.3 is 0 Å². The van der Waals surface area contributed by atoms with Crippen molar-refractivity contribution in [2.24, 2.45) is 0 Å². The molecule has 0 amide bonds. The molecule has 0 radical (unpaired) electrons. The number of aromatic amines is 1. The molecule has 2 nitrogen and oxygen atoms in total. The van der Waals surface area contributed by atoms with Crippen LogP contribution in [0.5, 0.6) is 0 Å². The first-order valence-corrected chi connectivity index (χ1v) is 5.12. The van der Waals surface area contributed by atoms with E-state index in [-0.39, 0.29) is 0 Å². The molecule has 0 aromatic carbocycles. The number of halogens is 1. The Morgan fingerprint density at radius 1 is 1.60 bits per heavy atom. The summed E-state index contributed by atoms with van der Waals surface area (Å²) in [4.78, 5) is 0. The van der Waals surface area contributed by atoms with Gasteiger partial charge in [-0.1, -0.05) is 0 Å². The second kappa shape index (κ2) is 2.58. The maximum atomic E-state index is 4.08. The highest BCUT2D eigenvalue weighted by atomic mass is 79.9. The van der Waals surface area contributed by atoms with Crippen molar-refractivity contribution in [3.05, 3.63) is 15.9 Å². The molecule has 1 aromatic rings. The minimum absolute atomic E-state index is 1.00. The first-order valence-electron chi connectivity index (χ1n) is 3.17. The fraction of sp³-hybridized carbons (Fsp3) is 0.500. The quantitative estimate of drug-likeness (QED) is 0.722. The molecule has 0 saturated heterocycles. The first kappa shape index (κ1) is 6.73. The van der Waals surface area contributed by atoms with Gasteiger partial charge in [0.1, 0.15) is 4.60 Å². The average Bonchev–Trinajstić information content (AvgIpc) is 2.34. The Labute approximate surface area is 71.9 Å². The van der Waals surface area contributed by atoms with E-state index in [9.17, 15) is 0 Å². The standard InChI is InChI=1S/C6H7BrN2S/c7-6-4-1-2-10-3-5(4)8-9-6/h1-3H2,(H,8,9). The topological polar surface area (TPSA) is 28.7 Å². The van der Waals surface area contributed by atoms with Crippen LogP contribution in [0.15, 0.2) is 4.60 Å². The fourth-order valence-corrected chi connectivity index (χ4v) is 2.56. The van der Waals surface area contributed by atoms with Crippen molar-refractivity contribution < 1.29 is 0 Å². The maximum absolute atomic E-state index is 4.08. The lowest BCUT2D eigenvalue weighted by molar-refractivity contribution is 1.01. The summed E-state index contributed by atoms with van der Waals surface area (Å²) in [5.74, 6) is 2.32. The van der Waals surface area contributed by atoms with E-state index in [1.807, 2.05) is 11.8 Å². The molecule has 0 aliphatic carbocycles. The van der Waals surface area contributed by atoms with Crippen molar-refractivity contribution in [3.8, 4) is 0 Å². The van der Waals surface area contributed by atoms with Crippen LogP contribution in [-0.4, -0.2) is 16.0 Å². The summed E-state index contributed by atoms with van der Waals surface area (Å²) in [5.41, 5.74) is 2.67. The molecular weight excluding hydrogens is 212 g/mol. The summed E-state index contributed by atoms with van der Waals surface area (Å²) in [6.07, 6.45) is 1.15. The Kier molecular flexibility index (Phi) is 1.74. The number of fused-ring (bicyclic) bond motifs is 1. The van der Waals surface area contributed by atoms with Crippen molar-refractivity contribution in [2.75, 3.05) is 5.75 Å². The predicted molar refractivity (Wildman–Crippen MR) is 46.2 cm³/mol. The van der Waals surface area contributed by atoms with Gasteiger partial charge in [-0.05, 0) is 28.1 Å². The molecule has 0 unspecified atom stereocenters. The predicted octanol–water partition coefficient (Wildman–Crippen LogP) is 1.96. The lowest BCUT2D eigenvalue weighted by atomic mass is 10.2. The van der Waals surface area contributed by atoms with Crippen LogP contribution in [0.2, 0.25) is 0 Å². The van der Waals surface area contributed by atoms with Crippen molar-refractivity contribution in [3.63, 3.8) is 0 Å². The normalized spacial score (nSPS) is 16.9. The lowest BCUT2D eigenvalue weighted by Gasteiger charge is -2.08. The SMILES string of the molecule is Brc1n[nH]c2c1CCSC2. The van der Waals surface area contributed by atoms with E-state index < -0.39 is 0 Å². The fourth-order valence-electron chi connectivity index (χ4n) is 1.10. The van der Waals surface area contributed by atoms with Gasteiger partial charge in [0, 0.05) is 17.0 Å². The Morgan fingerprint density at radius 3 is 3.30 bits per heavy atom. The van der Waals surface area contributed by atoms with Crippen LogP contribution < -0.4 is 0 Å². The molecule has 0 spiro atoms. The van der Waals surface area contributed by atoms with E-state index >= 15 is 0 Å².